The van der Waals surface area contributed by atoms with Crippen molar-refractivity contribution in [2.75, 3.05) is 5.32 Å². The molecular formula is C15H20F3N. The fourth-order valence-corrected chi connectivity index (χ4v) is 2.81. The van der Waals surface area contributed by atoms with Gasteiger partial charge in [-0.25, -0.2) is 0 Å². The molecule has 0 aromatic heterocycles. The van der Waals surface area contributed by atoms with Gasteiger partial charge in [0.1, 0.15) is 0 Å². The molecule has 1 aromatic rings. The number of hydrogen-bond acceptors (Lipinski definition) is 1. The second-order valence-corrected chi connectivity index (χ2v) is 6.11. The highest BCUT2D eigenvalue weighted by atomic mass is 19.4. The average Bonchev–Trinajstić information content (AvgIpc) is 2.59. The minimum absolute atomic E-state index is 0.142. The molecule has 1 aromatic carbocycles. The Balaban J connectivity index is 2.23. The van der Waals surface area contributed by atoms with E-state index in [2.05, 4.69) is 19.2 Å². The van der Waals surface area contributed by atoms with Crippen LogP contribution < -0.4 is 5.32 Å². The summed E-state index contributed by atoms with van der Waals surface area (Å²) in [6, 6.07) is 4.74. The van der Waals surface area contributed by atoms with Crippen LogP contribution in [-0.2, 0) is 6.18 Å². The first-order chi connectivity index (χ1) is 8.70. The van der Waals surface area contributed by atoms with Crippen LogP contribution in [0, 0.1) is 12.3 Å². The van der Waals surface area contributed by atoms with Crippen LogP contribution in [0.4, 0.5) is 18.9 Å². The fourth-order valence-electron chi connectivity index (χ4n) is 2.81. The van der Waals surface area contributed by atoms with Gasteiger partial charge in [0, 0.05) is 11.7 Å². The van der Waals surface area contributed by atoms with Crippen molar-refractivity contribution < 1.29 is 13.2 Å². The quantitative estimate of drug-likeness (QED) is 0.797. The number of rotatable bonds is 2. The summed E-state index contributed by atoms with van der Waals surface area (Å²) in [7, 11) is 0. The molecule has 19 heavy (non-hydrogen) atoms. The molecule has 0 saturated heterocycles. The Morgan fingerprint density at radius 3 is 2.47 bits per heavy atom. The van der Waals surface area contributed by atoms with Gasteiger partial charge in [0.25, 0.3) is 0 Å². The Bertz CT molecular complexity index is 463. The van der Waals surface area contributed by atoms with Crippen LogP contribution in [0.5, 0.6) is 0 Å². The first-order valence-electron chi connectivity index (χ1n) is 6.64. The number of anilines is 1. The van der Waals surface area contributed by atoms with Gasteiger partial charge in [-0.05, 0) is 42.9 Å². The van der Waals surface area contributed by atoms with Gasteiger partial charge in [0.2, 0.25) is 0 Å². The Morgan fingerprint density at radius 2 is 1.95 bits per heavy atom. The van der Waals surface area contributed by atoms with E-state index in [1.165, 1.54) is 19.1 Å². The molecule has 1 atom stereocenters. The zero-order chi connectivity index (χ0) is 14.3. The van der Waals surface area contributed by atoms with Crippen LogP contribution in [-0.4, -0.2) is 6.04 Å². The zero-order valence-corrected chi connectivity index (χ0v) is 11.6. The second kappa shape index (κ2) is 4.73. The lowest BCUT2D eigenvalue weighted by Gasteiger charge is -2.29. The monoisotopic (exact) mass is 271 g/mol. The summed E-state index contributed by atoms with van der Waals surface area (Å²) >= 11 is 0. The van der Waals surface area contributed by atoms with Crippen molar-refractivity contribution in [3.63, 3.8) is 0 Å². The Kier molecular flexibility index (Phi) is 3.54. The third-order valence-electron chi connectivity index (χ3n) is 4.14. The number of hydrogen-bond donors (Lipinski definition) is 1. The number of nitrogens with one attached hydrogen (secondary N) is 1. The van der Waals surface area contributed by atoms with Crippen LogP contribution in [0.1, 0.15) is 44.2 Å². The molecule has 0 bridgehead atoms. The number of benzene rings is 1. The third kappa shape index (κ3) is 3.04. The first-order valence-corrected chi connectivity index (χ1v) is 6.64. The van der Waals surface area contributed by atoms with Crippen molar-refractivity contribution in [1.29, 1.82) is 0 Å². The van der Waals surface area contributed by atoms with Gasteiger partial charge in [-0.1, -0.05) is 26.3 Å². The summed E-state index contributed by atoms with van der Waals surface area (Å²) < 4.78 is 38.6. The summed E-state index contributed by atoms with van der Waals surface area (Å²) in [5.74, 6) is 0. The van der Waals surface area contributed by atoms with Gasteiger partial charge in [-0.2, -0.15) is 13.2 Å². The van der Waals surface area contributed by atoms with Gasteiger partial charge >= 0.3 is 6.18 Å². The second-order valence-electron chi connectivity index (χ2n) is 6.11. The Labute approximate surface area is 112 Å². The average molecular weight is 271 g/mol. The van der Waals surface area contributed by atoms with Crippen LogP contribution >= 0.6 is 0 Å². The SMILES string of the molecule is Cc1ccc(NC2CCCC2(C)C)cc1C(F)(F)F. The Hall–Kier alpha value is -1.19. The number of halogens is 3. The van der Waals surface area contributed by atoms with Crippen LogP contribution in [0.25, 0.3) is 0 Å². The van der Waals surface area contributed by atoms with E-state index in [-0.39, 0.29) is 17.0 Å². The minimum Gasteiger partial charge on any atom is -0.382 e. The van der Waals surface area contributed by atoms with E-state index < -0.39 is 11.7 Å². The van der Waals surface area contributed by atoms with E-state index in [1.807, 2.05) is 0 Å². The van der Waals surface area contributed by atoms with Crippen molar-refractivity contribution in [3.05, 3.63) is 29.3 Å². The molecule has 0 amide bonds. The summed E-state index contributed by atoms with van der Waals surface area (Å²) in [5, 5.41) is 3.27. The molecule has 4 heteroatoms. The van der Waals surface area contributed by atoms with Crippen molar-refractivity contribution in [2.24, 2.45) is 5.41 Å². The maximum absolute atomic E-state index is 12.9. The van der Waals surface area contributed by atoms with E-state index in [1.54, 1.807) is 6.07 Å². The van der Waals surface area contributed by atoms with E-state index in [4.69, 9.17) is 0 Å². The van der Waals surface area contributed by atoms with E-state index in [0.29, 0.717) is 5.69 Å². The zero-order valence-electron chi connectivity index (χ0n) is 11.6. The van der Waals surface area contributed by atoms with Crippen molar-refractivity contribution in [1.82, 2.24) is 0 Å². The maximum atomic E-state index is 12.9. The Morgan fingerprint density at radius 1 is 1.26 bits per heavy atom. The minimum atomic E-state index is -4.28. The molecule has 1 nitrogen and oxygen atoms in total. The van der Waals surface area contributed by atoms with Gasteiger partial charge in [-0.15, -0.1) is 0 Å². The smallest absolute Gasteiger partial charge is 0.382 e. The molecule has 1 saturated carbocycles. The molecule has 1 N–H and O–H groups in total. The van der Waals surface area contributed by atoms with Gasteiger partial charge < -0.3 is 5.32 Å². The fraction of sp³-hybridized carbons (Fsp3) is 0.600. The lowest BCUT2D eigenvalue weighted by atomic mass is 9.87. The molecule has 0 radical (unpaired) electrons. The van der Waals surface area contributed by atoms with Crippen LogP contribution in [0.15, 0.2) is 18.2 Å². The third-order valence-corrected chi connectivity index (χ3v) is 4.14. The molecule has 1 aliphatic carbocycles. The molecule has 1 fully saturated rings. The van der Waals surface area contributed by atoms with Crippen molar-refractivity contribution in [2.45, 2.75) is 52.3 Å². The highest BCUT2D eigenvalue weighted by Crippen LogP contribution is 2.40. The largest absolute Gasteiger partial charge is 0.416 e. The molecule has 0 aliphatic heterocycles. The van der Waals surface area contributed by atoms with Crippen LogP contribution in [0.3, 0.4) is 0 Å². The predicted molar refractivity (Wildman–Crippen MR) is 71.2 cm³/mol. The molecule has 1 aliphatic rings. The van der Waals surface area contributed by atoms with E-state index >= 15 is 0 Å². The van der Waals surface area contributed by atoms with Gasteiger partial charge in [-0.3, -0.25) is 0 Å². The van der Waals surface area contributed by atoms with E-state index in [0.717, 1.165) is 19.3 Å². The molecule has 0 spiro atoms. The van der Waals surface area contributed by atoms with Crippen LogP contribution in [0.2, 0.25) is 0 Å². The first kappa shape index (κ1) is 14.2. The highest BCUT2D eigenvalue weighted by Gasteiger charge is 2.35. The number of alkyl halides is 3. The summed E-state index contributed by atoms with van der Waals surface area (Å²) in [6.07, 6.45) is -1.03. The van der Waals surface area contributed by atoms with Crippen molar-refractivity contribution in [3.8, 4) is 0 Å². The van der Waals surface area contributed by atoms with Crippen molar-refractivity contribution >= 4 is 5.69 Å². The molecular weight excluding hydrogens is 251 g/mol. The number of aryl methyl sites for hydroxylation is 1. The van der Waals surface area contributed by atoms with Gasteiger partial charge in [0.15, 0.2) is 0 Å². The molecule has 106 valence electrons. The standard InChI is InChI=1S/C15H20F3N/c1-10-6-7-11(9-12(10)15(16,17)18)19-13-5-4-8-14(13,2)3/h6-7,9,13,19H,4-5,8H2,1-3H3. The maximum Gasteiger partial charge on any atom is 0.416 e. The predicted octanol–water partition coefficient (Wildman–Crippen LogP) is 5.00. The normalized spacial score (nSPS) is 22.5. The lowest BCUT2D eigenvalue weighted by molar-refractivity contribution is -0.138. The summed E-state index contributed by atoms with van der Waals surface area (Å²) in [4.78, 5) is 0. The lowest BCUT2D eigenvalue weighted by Crippen LogP contribution is -2.30. The summed E-state index contributed by atoms with van der Waals surface area (Å²) in [5.41, 5.74) is 0.429. The molecule has 2 rings (SSSR count). The molecule has 1 unspecified atom stereocenters. The highest BCUT2D eigenvalue weighted by molar-refractivity contribution is 5.50. The van der Waals surface area contributed by atoms with E-state index in [9.17, 15) is 13.2 Å². The van der Waals surface area contributed by atoms with Gasteiger partial charge in [0.05, 0.1) is 5.56 Å². The molecule has 0 heterocycles. The summed E-state index contributed by atoms with van der Waals surface area (Å²) in [6.45, 7) is 5.82. The topological polar surface area (TPSA) is 12.0 Å².